The maximum Gasteiger partial charge on any atom is 0.410 e. The van der Waals surface area contributed by atoms with E-state index in [2.05, 4.69) is 0 Å². The van der Waals surface area contributed by atoms with Crippen molar-refractivity contribution in [2.75, 3.05) is 13.2 Å². The number of aryl methyl sites for hydroxylation is 1. The minimum atomic E-state index is -3.78. The fraction of sp³-hybridized carbons (Fsp3) is 0.667. The van der Waals surface area contributed by atoms with E-state index in [-0.39, 0.29) is 42.4 Å². The minimum Gasteiger partial charge on any atom is -0.444 e. The van der Waals surface area contributed by atoms with Gasteiger partial charge in [0, 0.05) is 12.1 Å². The van der Waals surface area contributed by atoms with Crippen LogP contribution >= 0.6 is 0 Å². The van der Waals surface area contributed by atoms with Gasteiger partial charge in [-0.2, -0.15) is 8.42 Å². The second kappa shape index (κ2) is 8.62. The molecule has 3 rings (SSSR count). The molecule has 2 fully saturated rings. The molecule has 0 saturated carbocycles. The van der Waals surface area contributed by atoms with E-state index in [1.807, 2.05) is 32.6 Å². The fourth-order valence-electron chi connectivity index (χ4n) is 4.01. The van der Waals surface area contributed by atoms with E-state index in [0.717, 1.165) is 31.2 Å². The zero-order valence-electron chi connectivity index (χ0n) is 17.6. The van der Waals surface area contributed by atoms with Gasteiger partial charge in [0.05, 0.1) is 24.2 Å². The van der Waals surface area contributed by atoms with Crippen LogP contribution in [0.4, 0.5) is 4.79 Å². The number of nitrogens with zero attached hydrogens (tertiary/aromatic N) is 1. The second-order valence-corrected chi connectivity index (χ2v) is 10.4. The molecule has 1 amide bonds. The lowest BCUT2D eigenvalue weighted by molar-refractivity contribution is -0.0392. The topological polar surface area (TPSA) is 82.1 Å². The van der Waals surface area contributed by atoms with Crippen LogP contribution in [0.15, 0.2) is 29.2 Å². The Kier molecular flexibility index (Phi) is 6.55. The maximum absolute atomic E-state index is 12.5. The standard InChI is InChI=1S/C21H31NO6S/c1-15-5-9-19(10-6-15)29(24,25)27-12-11-26-18-13-16-7-8-17(14-18)22(16)20(23)28-21(2,3)4/h5-6,9-10,16-18H,7-8,11-14H2,1-4H3/t16-,17+,18?. The number of piperidine rings is 1. The van der Waals surface area contributed by atoms with Gasteiger partial charge >= 0.3 is 6.09 Å². The average Bonchev–Trinajstić information content (AvgIpc) is 2.89. The van der Waals surface area contributed by atoms with Gasteiger partial charge in [-0.05, 0) is 65.5 Å². The van der Waals surface area contributed by atoms with Gasteiger partial charge in [-0.3, -0.25) is 4.18 Å². The molecule has 2 bridgehead atoms. The van der Waals surface area contributed by atoms with Gasteiger partial charge in [-0.25, -0.2) is 4.79 Å². The molecular weight excluding hydrogens is 394 g/mol. The Balaban J connectivity index is 1.45. The van der Waals surface area contributed by atoms with Crippen LogP contribution in [0.3, 0.4) is 0 Å². The summed E-state index contributed by atoms with van der Waals surface area (Å²) in [5.74, 6) is 0. The highest BCUT2D eigenvalue weighted by molar-refractivity contribution is 7.86. The molecule has 0 N–H and O–H groups in total. The smallest absolute Gasteiger partial charge is 0.410 e. The molecule has 8 heteroatoms. The lowest BCUT2D eigenvalue weighted by atomic mass is 10.0. The molecule has 0 aromatic heterocycles. The zero-order chi connectivity index (χ0) is 21.2. The molecule has 162 valence electrons. The van der Waals surface area contributed by atoms with E-state index in [1.165, 1.54) is 12.1 Å². The maximum atomic E-state index is 12.5. The third-order valence-electron chi connectivity index (χ3n) is 5.28. The summed E-state index contributed by atoms with van der Waals surface area (Å²) in [5.41, 5.74) is 0.476. The predicted molar refractivity (Wildman–Crippen MR) is 108 cm³/mol. The third kappa shape index (κ3) is 5.71. The first-order valence-electron chi connectivity index (χ1n) is 10.1. The first kappa shape index (κ1) is 22.1. The summed E-state index contributed by atoms with van der Waals surface area (Å²) in [6.45, 7) is 7.67. The van der Waals surface area contributed by atoms with Gasteiger partial charge in [0.25, 0.3) is 10.1 Å². The fourth-order valence-corrected chi connectivity index (χ4v) is 4.90. The Morgan fingerprint density at radius 2 is 1.66 bits per heavy atom. The third-order valence-corrected chi connectivity index (χ3v) is 6.61. The summed E-state index contributed by atoms with van der Waals surface area (Å²) in [7, 11) is -3.78. The Morgan fingerprint density at radius 3 is 2.21 bits per heavy atom. The van der Waals surface area contributed by atoms with Gasteiger partial charge in [0.15, 0.2) is 0 Å². The molecule has 0 spiro atoms. The molecule has 1 aromatic rings. The van der Waals surface area contributed by atoms with Crippen LogP contribution in [0.25, 0.3) is 0 Å². The highest BCUT2D eigenvalue weighted by Crippen LogP contribution is 2.37. The molecule has 3 atom stereocenters. The Bertz CT molecular complexity index is 801. The number of carbonyl (C=O) groups excluding carboxylic acids is 1. The monoisotopic (exact) mass is 425 g/mol. The molecule has 0 aliphatic carbocycles. The van der Waals surface area contributed by atoms with Gasteiger partial charge in [0.1, 0.15) is 5.60 Å². The number of amides is 1. The second-order valence-electron chi connectivity index (χ2n) is 8.83. The first-order valence-corrected chi connectivity index (χ1v) is 11.5. The molecule has 2 aliphatic heterocycles. The number of hydrogen-bond acceptors (Lipinski definition) is 6. The zero-order valence-corrected chi connectivity index (χ0v) is 18.4. The van der Waals surface area contributed by atoms with Gasteiger partial charge < -0.3 is 14.4 Å². The van der Waals surface area contributed by atoms with Gasteiger partial charge in [-0.15, -0.1) is 0 Å². The van der Waals surface area contributed by atoms with Crippen LogP contribution in [0.5, 0.6) is 0 Å². The Hall–Kier alpha value is -1.64. The lowest BCUT2D eigenvalue weighted by Gasteiger charge is -2.39. The van der Waals surface area contributed by atoms with Crippen LogP contribution in [-0.4, -0.2) is 56.4 Å². The summed E-state index contributed by atoms with van der Waals surface area (Å²) >= 11 is 0. The number of hydrogen-bond donors (Lipinski definition) is 0. The van der Waals surface area contributed by atoms with Crippen LogP contribution in [0.1, 0.15) is 52.0 Å². The van der Waals surface area contributed by atoms with Crippen LogP contribution in [0.2, 0.25) is 0 Å². The summed E-state index contributed by atoms with van der Waals surface area (Å²) in [6, 6.07) is 6.78. The van der Waals surface area contributed by atoms with E-state index < -0.39 is 15.7 Å². The summed E-state index contributed by atoms with van der Waals surface area (Å²) in [5, 5.41) is 0. The average molecular weight is 426 g/mol. The Morgan fingerprint density at radius 1 is 1.07 bits per heavy atom. The molecule has 2 aliphatic rings. The largest absolute Gasteiger partial charge is 0.444 e. The molecule has 1 aromatic carbocycles. The van der Waals surface area contributed by atoms with Crippen LogP contribution in [-0.2, 0) is 23.8 Å². The molecule has 2 heterocycles. The van der Waals surface area contributed by atoms with Crippen molar-refractivity contribution in [2.45, 2.75) is 82.1 Å². The number of ether oxygens (including phenoxy) is 2. The van der Waals surface area contributed by atoms with E-state index in [0.29, 0.717) is 0 Å². The van der Waals surface area contributed by atoms with Gasteiger partial charge in [0.2, 0.25) is 0 Å². The lowest BCUT2D eigenvalue weighted by Crippen LogP contribution is -2.50. The van der Waals surface area contributed by atoms with Crippen molar-refractivity contribution in [3.05, 3.63) is 29.8 Å². The molecular formula is C21H31NO6S. The molecule has 2 saturated heterocycles. The molecule has 0 radical (unpaired) electrons. The van der Waals surface area contributed by atoms with E-state index >= 15 is 0 Å². The highest BCUT2D eigenvalue weighted by Gasteiger charge is 2.45. The van der Waals surface area contributed by atoms with E-state index in [9.17, 15) is 13.2 Å². The summed E-state index contributed by atoms with van der Waals surface area (Å²) in [6.07, 6.45) is 3.11. The number of benzene rings is 1. The van der Waals surface area contributed by atoms with Crippen molar-refractivity contribution >= 4 is 16.2 Å². The quantitative estimate of drug-likeness (QED) is 0.511. The number of carbonyl (C=O) groups is 1. The number of fused-ring (bicyclic) bond motifs is 2. The van der Waals surface area contributed by atoms with Crippen molar-refractivity contribution in [1.82, 2.24) is 4.90 Å². The molecule has 7 nitrogen and oxygen atoms in total. The minimum absolute atomic E-state index is 0.00290. The van der Waals surface area contributed by atoms with Crippen molar-refractivity contribution in [1.29, 1.82) is 0 Å². The molecule has 1 unspecified atom stereocenters. The van der Waals surface area contributed by atoms with Gasteiger partial charge in [-0.1, -0.05) is 17.7 Å². The van der Waals surface area contributed by atoms with Crippen LogP contribution < -0.4 is 0 Å². The van der Waals surface area contributed by atoms with Crippen molar-refractivity contribution in [3.8, 4) is 0 Å². The van der Waals surface area contributed by atoms with E-state index in [1.54, 1.807) is 12.1 Å². The molecule has 29 heavy (non-hydrogen) atoms. The van der Waals surface area contributed by atoms with Crippen LogP contribution in [0, 0.1) is 6.92 Å². The Labute approximate surface area is 173 Å². The van der Waals surface area contributed by atoms with Crippen molar-refractivity contribution < 1.29 is 26.9 Å². The van der Waals surface area contributed by atoms with E-state index in [4.69, 9.17) is 13.7 Å². The summed E-state index contributed by atoms with van der Waals surface area (Å²) < 4.78 is 40.9. The number of rotatable bonds is 6. The normalized spacial score (nSPS) is 24.6. The predicted octanol–water partition coefficient (Wildman–Crippen LogP) is 3.65. The van der Waals surface area contributed by atoms with Crippen molar-refractivity contribution in [3.63, 3.8) is 0 Å². The summed E-state index contributed by atoms with van der Waals surface area (Å²) in [4.78, 5) is 14.5. The SMILES string of the molecule is Cc1ccc(S(=O)(=O)OCCOC2C[C@H]3CC[C@@H](C2)N3C(=O)OC(C)(C)C)cc1. The first-order chi connectivity index (χ1) is 13.5. The highest BCUT2D eigenvalue weighted by atomic mass is 32.2. The van der Waals surface area contributed by atoms with Crippen molar-refractivity contribution in [2.24, 2.45) is 0 Å².